The number of thiophene rings is 1. The lowest BCUT2D eigenvalue weighted by Gasteiger charge is -2.07. The van der Waals surface area contributed by atoms with Crippen molar-refractivity contribution >= 4 is 40.3 Å². The van der Waals surface area contributed by atoms with Crippen molar-refractivity contribution in [3.05, 3.63) is 44.1 Å². The Kier molecular flexibility index (Phi) is 5.07. The van der Waals surface area contributed by atoms with Crippen molar-refractivity contribution in [2.24, 2.45) is 0 Å². The second-order valence-electron chi connectivity index (χ2n) is 3.96. The van der Waals surface area contributed by atoms with Crippen molar-refractivity contribution in [1.29, 1.82) is 5.26 Å². The first-order valence-corrected chi connectivity index (χ1v) is 7.30. The van der Waals surface area contributed by atoms with E-state index in [0.29, 0.717) is 31.3 Å². The van der Waals surface area contributed by atoms with E-state index >= 15 is 0 Å². The molecule has 108 valence electrons. The standard InChI is InChI=1S/C14H9Cl2NO3S/c1-19-9-2-8(6-17)3-10(4-9)20-7-12(18)11-5-13(15)21-14(11)16/h2-5H,7H2,1H3. The Morgan fingerprint density at radius 3 is 2.57 bits per heavy atom. The molecule has 21 heavy (non-hydrogen) atoms. The molecule has 2 rings (SSSR count). The maximum Gasteiger partial charge on any atom is 0.202 e. The molecule has 2 aromatic rings. The molecule has 0 radical (unpaired) electrons. The van der Waals surface area contributed by atoms with Gasteiger partial charge in [-0.2, -0.15) is 5.26 Å². The molecule has 0 saturated heterocycles. The lowest BCUT2D eigenvalue weighted by Crippen LogP contribution is -2.11. The molecule has 1 aromatic heterocycles. The molecule has 4 nitrogen and oxygen atoms in total. The van der Waals surface area contributed by atoms with E-state index in [-0.39, 0.29) is 12.4 Å². The Balaban J connectivity index is 2.11. The number of carbonyl (C=O) groups excluding carboxylic acids is 1. The third kappa shape index (κ3) is 3.88. The molecule has 0 fully saturated rings. The number of nitriles is 1. The van der Waals surface area contributed by atoms with Crippen LogP contribution in [0.5, 0.6) is 11.5 Å². The summed E-state index contributed by atoms with van der Waals surface area (Å²) in [7, 11) is 1.48. The van der Waals surface area contributed by atoms with Crippen molar-refractivity contribution in [2.45, 2.75) is 0 Å². The summed E-state index contributed by atoms with van der Waals surface area (Å²) < 4.78 is 11.2. The quantitative estimate of drug-likeness (QED) is 0.764. The van der Waals surface area contributed by atoms with Gasteiger partial charge in [0.05, 0.1) is 28.6 Å². The highest BCUT2D eigenvalue weighted by Gasteiger charge is 2.15. The maximum atomic E-state index is 12.0. The molecule has 0 aliphatic heterocycles. The largest absolute Gasteiger partial charge is 0.497 e. The Labute approximate surface area is 135 Å². The molecule has 0 unspecified atom stereocenters. The molecule has 7 heteroatoms. The Morgan fingerprint density at radius 2 is 2.00 bits per heavy atom. The van der Waals surface area contributed by atoms with Gasteiger partial charge < -0.3 is 9.47 Å². The number of benzene rings is 1. The molecule has 0 atom stereocenters. The van der Waals surface area contributed by atoms with E-state index in [9.17, 15) is 4.79 Å². The predicted molar refractivity (Wildman–Crippen MR) is 81.9 cm³/mol. The summed E-state index contributed by atoms with van der Waals surface area (Å²) in [6, 6.07) is 8.19. The third-order valence-electron chi connectivity index (χ3n) is 2.57. The van der Waals surface area contributed by atoms with Gasteiger partial charge >= 0.3 is 0 Å². The van der Waals surface area contributed by atoms with Crippen LogP contribution in [-0.2, 0) is 0 Å². The van der Waals surface area contributed by atoms with Crippen LogP contribution in [0.25, 0.3) is 0 Å². The van der Waals surface area contributed by atoms with Gasteiger partial charge in [0.25, 0.3) is 0 Å². The fourth-order valence-corrected chi connectivity index (χ4v) is 3.09. The summed E-state index contributed by atoms with van der Waals surface area (Å²) in [5, 5.41) is 8.92. The molecule has 0 bridgehead atoms. The number of ether oxygens (including phenoxy) is 2. The minimum atomic E-state index is -0.288. The van der Waals surface area contributed by atoms with E-state index in [1.165, 1.54) is 19.2 Å². The predicted octanol–water partition coefficient (Wildman–Crippen LogP) is 4.20. The Bertz CT molecular complexity index is 721. The van der Waals surface area contributed by atoms with Crippen LogP contribution < -0.4 is 9.47 Å². The molecule has 0 spiro atoms. The summed E-state index contributed by atoms with van der Waals surface area (Å²) in [4.78, 5) is 12.0. The van der Waals surface area contributed by atoms with Gasteiger partial charge in [-0.15, -0.1) is 11.3 Å². The lowest BCUT2D eigenvalue weighted by molar-refractivity contribution is 0.0922. The number of ketones is 1. The highest BCUT2D eigenvalue weighted by Crippen LogP contribution is 2.31. The summed E-state index contributed by atoms with van der Waals surface area (Å²) in [5.74, 6) is 0.564. The number of hydrogen-bond acceptors (Lipinski definition) is 5. The number of nitrogens with zero attached hydrogens (tertiary/aromatic N) is 1. The molecule has 1 heterocycles. The zero-order chi connectivity index (χ0) is 15.4. The lowest BCUT2D eigenvalue weighted by atomic mass is 10.2. The van der Waals surface area contributed by atoms with Crippen LogP contribution in [0.15, 0.2) is 24.3 Å². The van der Waals surface area contributed by atoms with Crippen molar-refractivity contribution in [3.8, 4) is 17.6 Å². The van der Waals surface area contributed by atoms with Gasteiger partial charge in [-0.3, -0.25) is 4.79 Å². The average molecular weight is 342 g/mol. The van der Waals surface area contributed by atoms with Crippen LogP contribution in [0.3, 0.4) is 0 Å². The number of Topliss-reactive ketones (excluding diaryl/α,β-unsaturated/α-hetero) is 1. The Morgan fingerprint density at radius 1 is 1.29 bits per heavy atom. The van der Waals surface area contributed by atoms with Crippen molar-refractivity contribution in [3.63, 3.8) is 0 Å². The second kappa shape index (κ2) is 6.81. The minimum absolute atomic E-state index is 0.204. The van der Waals surface area contributed by atoms with E-state index in [0.717, 1.165) is 11.3 Å². The third-order valence-corrected chi connectivity index (χ3v) is 4.06. The van der Waals surface area contributed by atoms with Gasteiger partial charge in [-0.05, 0) is 18.2 Å². The second-order valence-corrected chi connectivity index (χ2v) is 6.24. The molecule has 1 aromatic carbocycles. The van der Waals surface area contributed by atoms with Gasteiger partial charge in [0.15, 0.2) is 6.61 Å². The number of carbonyl (C=O) groups is 1. The maximum absolute atomic E-state index is 12.0. The van der Waals surface area contributed by atoms with Crippen molar-refractivity contribution in [1.82, 2.24) is 0 Å². The monoisotopic (exact) mass is 341 g/mol. The zero-order valence-electron chi connectivity index (χ0n) is 10.9. The highest BCUT2D eigenvalue weighted by molar-refractivity contribution is 7.20. The van der Waals surface area contributed by atoms with Gasteiger partial charge in [-0.25, -0.2) is 0 Å². The van der Waals surface area contributed by atoms with Crippen LogP contribution in [0.2, 0.25) is 8.67 Å². The number of methoxy groups -OCH3 is 1. The van der Waals surface area contributed by atoms with E-state index in [2.05, 4.69) is 0 Å². The molecular weight excluding hydrogens is 333 g/mol. The summed E-state index contributed by atoms with van der Waals surface area (Å²) in [6.07, 6.45) is 0. The average Bonchev–Trinajstić information content (AvgIpc) is 2.83. The van der Waals surface area contributed by atoms with Crippen LogP contribution in [0, 0.1) is 11.3 Å². The van der Waals surface area contributed by atoms with E-state index in [4.69, 9.17) is 37.9 Å². The van der Waals surface area contributed by atoms with E-state index in [1.54, 1.807) is 12.1 Å². The number of hydrogen-bond donors (Lipinski definition) is 0. The van der Waals surface area contributed by atoms with E-state index in [1.807, 2.05) is 6.07 Å². The molecule has 0 amide bonds. The molecular formula is C14H9Cl2NO3S. The first-order valence-electron chi connectivity index (χ1n) is 5.73. The smallest absolute Gasteiger partial charge is 0.202 e. The van der Waals surface area contributed by atoms with Crippen LogP contribution in [0.1, 0.15) is 15.9 Å². The number of rotatable bonds is 5. The molecule has 0 N–H and O–H groups in total. The first kappa shape index (κ1) is 15.6. The van der Waals surface area contributed by atoms with Gasteiger partial charge in [0.1, 0.15) is 15.8 Å². The molecule has 0 aliphatic carbocycles. The highest BCUT2D eigenvalue weighted by atomic mass is 35.5. The van der Waals surface area contributed by atoms with Crippen LogP contribution in [-0.4, -0.2) is 19.5 Å². The summed E-state index contributed by atoms with van der Waals surface area (Å²) >= 11 is 12.8. The molecule has 0 saturated carbocycles. The zero-order valence-corrected chi connectivity index (χ0v) is 13.2. The van der Waals surface area contributed by atoms with E-state index < -0.39 is 0 Å². The first-order chi connectivity index (χ1) is 10.0. The topological polar surface area (TPSA) is 59.3 Å². The Hall–Kier alpha value is -1.74. The summed E-state index contributed by atoms with van der Waals surface area (Å²) in [5.41, 5.74) is 0.712. The van der Waals surface area contributed by atoms with Gasteiger partial charge in [0.2, 0.25) is 5.78 Å². The van der Waals surface area contributed by atoms with Crippen molar-refractivity contribution in [2.75, 3.05) is 13.7 Å². The summed E-state index contributed by atoms with van der Waals surface area (Å²) in [6.45, 7) is -0.204. The van der Waals surface area contributed by atoms with Crippen LogP contribution >= 0.6 is 34.5 Å². The van der Waals surface area contributed by atoms with Crippen molar-refractivity contribution < 1.29 is 14.3 Å². The van der Waals surface area contributed by atoms with Gasteiger partial charge in [-0.1, -0.05) is 23.2 Å². The number of halogens is 2. The van der Waals surface area contributed by atoms with Gasteiger partial charge in [0, 0.05) is 6.07 Å². The minimum Gasteiger partial charge on any atom is -0.497 e. The normalized spacial score (nSPS) is 10.0. The van der Waals surface area contributed by atoms with Crippen LogP contribution in [0.4, 0.5) is 0 Å². The SMILES string of the molecule is COc1cc(C#N)cc(OCC(=O)c2cc(Cl)sc2Cl)c1. The fraction of sp³-hybridized carbons (Fsp3) is 0.143. The fourth-order valence-electron chi connectivity index (χ4n) is 1.59. The molecule has 0 aliphatic rings.